The summed E-state index contributed by atoms with van der Waals surface area (Å²) in [5.41, 5.74) is 1.92. The Kier molecular flexibility index (Phi) is 12.8. The van der Waals surface area contributed by atoms with Crippen molar-refractivity contribution in [2.75, 3.05) is 52.4 Å². The van der Waals surface area contributed by atoms with Gasteiger partial charge in [-0.25, -0.2) is 0 Å². The lowest BCUT2D eigenvalue weighted by molar-refractivity contribution is -0.144. The van der Waals surface area contributed by atoms with E-state index in [1.807, 2.05) is 38.1 Å². The van der Waals surface area contributed by atoms with E-state index in [4.69, 9.17) is 5.11 Å². The molecular formula is C23H35N3O8. The van der Waals surface area contributed by atoms with Crippen LogP contribution in [-0.4, -0.2) is 117 Å². The zero-order valence-corrected chi connectivity index (χ0v) is 19.7. The molecule has 0 heterocycles. The van der Waals surface area contributed by atoms with Gasteiger partial charge in [0, 0.05) is 19.1 Å². The van der Waals surface area contributed by atoms with Crippen molar-refractivity contribution >= 4 is 23.9 Å². The maximum atomic E-state index is 11.5. The van der Waals surface area contributed by atoms with Crippen molar-refractivity contribution in [1.82, 2.24) is 14.7 Å². The Labute approximate surface area is 199 Å². The Balaban J connectivity index is 3.06. The number of carboxylic acids is 4. The number of benzene rings is 1. The first-order valence-electron chi connectivity index (χ1n) is 11.1. The summed E-state index contributed by atoms with van der Waals surface area (Å²) in [5, 5.41) is 37.0. The Morgan fingerprint density at radius 1 is 0.765 bits per heavy atom. The normalized spacial score (nSPS) is 12.3. The molecule has 0 fully saturated rings. The van der Waals surface area contributed by atoms with E-state index < -0.39 is 43.0 Å². The minimum atomic E-state index is -1.17. The smallest absolute Gasteiger partial charge is 0.317 e. The summed E-state index contributed by atoms with van der Waals surface area (Å²) in [6.45, 7) is 3.83. The highest BCUT2D eigenvalue weighted by Crippen LogP contribution is 2.13. The molecule has 0 saturated heterocycles. The second-order valence-corrected chi connectivity index (χ2v) is 8.28. The van der Waals surface area contributed by atoms with Gasteiger partial charge in [-0.2, -0.15) is 0 Å². The molecule has 1 atom stereocenters. The Hall–Kier alpha value is -3.02. The van der Waals surface area contributed by atoms with Crippen LogP contribution in [0.1, 0.15) is 24.5 Å². The molecule has 1 aromatic carbocycles. The molecule has 0 aliphatic heterocycles. The van der Waals surface area contributed by atoms with Crippen LogP contribution in [0, 0.1) is 6.92 Å². The summed E-state index contributed by atoms with van der Waals surface area (Å²) < 4.78 is 0. The number of likely N-dealkylation sites (N-methyl/N-ethyl adjacent to an activating group) is 1. The summed E-state index contributed by atoms with van der Waals surface area (Å²) in [5.74, 6) is -4.35. The van der Waals surface area contributed by atoms with Gasteiger partial charge in [0.1, 0.15) is 0 Å². The second kappa shape index (κ2) is 15.0. The number of hydrogen-bond donors (Lipinski definition) is 4. The summed E-state index contributed by atoms with van der Waals surface area (Å²) in [6, 6.07) is 7.02. The molecule has 0 spiro atoms. The molecule has 11 nitrogen and oxygen atoms in total. The van der Waals surface area contributed by atoms with Crippen LogP contribution in [0.2, 0.25) is 0 Å². The fraction of sp³-hybridized carbons (Fsp3) is 0.565. The van der Waals surface area contributed by atoms with E-state index in [1.165, 1.54) is 4.90 Å². The Bertz CT molecular complexity index is 799. The third kappa shape index (κ3) is 12.3. The maximum Gasteiger partial charge on any atom is 0.317 e. The van der Waals surface area contributed by atoms with Crippen LogP contribution < -0.4 is 0 Å². The molecule has 0 amide bonds. The number of aliphatic carboxylic acids is 4. The second-order valence-electron chi connectivity index (χ2n) is 8.28. The van der Waals surface area contributed by atoms with Gasteiger partial charge in [-0.1, -0.05) is 36.8 Å². The van der Waals surface area contributed by atoms with E-state index in [2.05, 4.69) is 0 Å². The lowest BCUT2D eigenvalue weighted by Gasteiger charge is -2.34. The maximum absolute atomic E-state index is 11.5. The largest absolute Gasteiger partial charge is 0.480 e. The summed E-state index contributed by atoms with van der Waals surface area (Å²) >= 11 is 0. The lowest BCUT2D eigenvalue weighted by atomic mass is 10.0. The van der Waals surface area contributed by atoms with E-state index in [-0.39, 0.29) is 19.6 Å². The van der Waals surface area contributed by atoms with E-state index in [9.17, 15) is 34.5 Å². The average molecular weight is 482 g/mol. The van der Waals surface area contributed by atoms with Crippen molar-refractivity contribution in [2.24, 2.45) is 0 Å². The average Bonchev–Trinajstić information content (AvgIpc) is 2.72. The van der Waals surface area contributed by atoms with Gasteiger partial charge in [-0.15, -0.1) is 0 Å². The number of hydrogen-bond acceptors (Lipinski definition) is 7. The highest BCUT2D eigenvalue weighted by molar-refractivity contribution is 5.72. The molecular weight excluding hydrogens is 446 g/mol. The monoisotopic (exact) mass is 481 g/mol. The zero-order chi connectivity index (χ0) is 25.7. The molecule has 11 heteroatoms. The molecule has 0 saturated carbocycles. The number of carboxylic acid groups (broad SMARTS) is 4. The molecule has 1 unspecified atom stereocenters. The molecule has 0 bridgehead atoms. The minimum absolute atomic E-state index is 0.115. The van der Waals surface area contributed by atoms with Crippen molar-refractivity contribution in [3.8, 4) is 0 Å². The van der Waals surface area contributed by atoms with E-state index in [1.54, 1.807) is 9.80 Å². The third-order valence-corrected chi connectivity index (χ3v) is 5.37. The third-order valence-electron chi connectivity index (χ3n) is 5.37. The number of rotatable bonds is 18. The molecule has 0 radical (unpaired) electrons. The standard InChI is InChI=1S/C23H35N3O8/c1-3-24(13-20(27)28)9-4-10-25(14-21(29)30)12-19(11-18-7-5-17(2)6-8-18)26(15-22(31)32)16-23(33)34/h5-8,19H,3-4,9-16H2,1-2H3,(H,27,28)(H,29,30)(H,31,32)(H,33,34). The first-order valence-corrected chi connectivity index (χ1v) is 11.1. The highest BCUT2D eigenvalue weighted by Gasteiger charge is 2.26. The van der Waals surface area contributed by atoms with Gasteiger partial charge < -0.3 is 20.4 Å². The lowest BCUT2D eigenvalue weighted by Crippen LogP contribution is -2.50. The van der Waals surface area contributed by atoms with Gasteiger partial charge in [-0.05, 0) is 38.4 Å². The van der Waals surface area contributed by atoms with Crippen LogP contribution in [0.15, 0.2) is 24.3 Å². The van der Waals surface area contributed by atoms with Crippen LogP contribution >= 0.6 is 0 Å². The Morgan fingerprint density at radius 3 is 1.71 bits per heavy atom. The van der Waals surface area contributed by atoms with Gasteiger partial charge in [0.25, 0.3) is 0 Å². The van der Waals surface area contributed by atoms with E-state index >= 15 is 0 Å². The van der Waals surface area contributed by atoms with Gasteiger partial charge in [-0.3, -0.25) is 33.9 Å². The molecule has 0 aromatic heterocycles. The van der Waals surface area contributed by atoms with Crippen LogP contribution in [0.4, 0.5) is 0 Å². The van der Waals surface area contributed by atoms with Gasteiger partial charge in [0.05, 0.1) is 26.2 Å². The Morgan fingerprint density at radius 2 is 1.24 bits per heavy atom. The van der Waals surface area contributed by atoms with Gasteiger partial charge in [0.2, 0.25) is 0 Å². The summed E-state index contributed by atoms with van der Waals surface area (Å²) in [6.07, 6.45) is 0.848. The molecule has 4 N–H and O–H groups in total. The fourth-order valence-corrected chi connectivity index (χ4v) is 3.75. The SMILES string of the molecule is CCN(CCCN(CC(=O)O)CC(Cc1ccc(C)cc1)N(CC(=O)O)CC(=O)O)CC(=O)O. The number of nitrogens with zero attached hydrogens (tertiary/aromatic N) is 3. The first-order chi connectivity index (χ1) is 16.0. The summed E-state index contributed by atoms with van der Waals surface area (Å²) in [7, 11) is 0. The molecule has 190 valence electrons. The van der Waals surface area contributed by atoms with Crippen LogP contribution in [0.3, 0.4) is 0 Å². The van der Waals surface area contributed by atoms with Crippen LogP contribution in [0.5, 0.6) is 0 Å². The number of aryl methyl sites for hydroxylation is 1. The molecule has 0 aliphatic rings. The van der Waals surface area contributed by atoms with Crippen LogP contribution in [-0.2, 0) is 25.6 Å². The van der Waals surface area contributed by atoms with Crippen molar-refractivity contribution < 1.29 is 39.6 Å². The minimum Gasteiger partial charge on any atom is -0.480 e. The predicted molar refractivity (Wildman–Crippen MR) is 124 cm³/mol. The molecule has 0 aliphatic carbocycles. The highest BCUT2D eigenvalue weighted by atomic mass is 16.4. The van der Waals surface area contributed by atoms with Crippen molar-refractivity contribution in [3.05, 3.63) is 35.4 Å². The van der Waals surface area contributed by atoms with Gasteiger partial charge >= 0.3 is 23.9 Å². The zero-order valence-electron chi connectivity index (χ0n) is 19.7. The van der Waals surface area contributed by atoms with Crippen molar-refractivity contribution in [2.45, 2.75) is 32.7 Å². The predicted octanol–water partition coefficient (Wildman–Crippen LogP) is 0.561. The first kappa shape index (κ1) is 29.0. The van der Waals surface area contributed by atoms with Gasteiger partial charge in [0.15, 0.2) is 0 Å². The van der Waals surface area contributed by atoms with Crippen molar-refractivity contribution in [3.63, 3.8) is 0 Å². The quantitative estimate of drug-likeness (QED) is 0.232. The van der Waals surface area contributed by atoms with Crippen molar-refractivity contribution in [1.29, 1.82) is 0 Å². The van der Waals surface area contributed by atoms with Crippen LogP contribution in [0.25, 0.3) is 0 Å². The molecule has 1 rings (SSSR count). The van der Waals surface area contributed by atoms with E-state index in [0.29, 0.717) is 32.5 Å². The topological polar surface area (TPSA) is 159 Å². The fourth-order valence-electron chi connectivity index (χ4n) is 3.75. The van der Waals surface area contributed by atoms with E-state index in [0.717, 1.165) is 11.1 Å². The summed E-state index contributed by atoms with van der Waals surface area (Å²) in [4.78, 5) is 50.0. The number of carbonyl (C=O) groups is 4. The molecule has 34 heavy (non-hydrogen) atoms. The molecule has 1 aromatic rings.